The Morgan fingerprint density at radius 3 is 1.79 bits per heavy atom. The topological polar surface area (TPSA) is 77.0 Å². The van der Waals surface area contributed by atoms with Crippen molar-refractivity contribution in [1.29, 1.82) is 0 Å². The Labute approximate surface area is 176 Å². The van der Waals surface area contributed by atoms with Crippen LogP contribution in [-0.2, 0) is 9.47 Å². The third kappa shape index (κ3) is 22.1. The third-order valence-electron chi connectivity index (χ3n) is 4.45. The molecule has 1 fully saturated rings. The van der Waals surface area contributed by atoms with Crippen molar-refractivity contribution in [2.45, 2.75) is 72.3 Å². The maximum absolute atomic E-state index is 5.50. The lowest BCUT2D eigenvalue weighted by Crippen LogP contribution is -2.28. The first kappa shape index (κ1) is 30.0. The van der Waals surface area contributed by atoms with Crippen LogP contribution in [-0.4, -0.2) is 88.6 Å². The third-order valence-corrected chi connectivity index (χ3v) is 4.45. The maximum Gasteiger partial charge on any atom is 0.0593 e. The van der Waals surface area contributed by atoms with Gasteiger partial charge in [0, 0.05) is 39.0 Å². The lowest BCUT2D eigenvalue weighted by Gasteiger charge is -2.20. The molecule has 0 saturated heterocycles. The van der Waals surface area contributed by atoms with E-state index in [9.17, 15) is 0 Å². The number of nitrogens with two attached hydrogens (primary N) is 2. The van der Waals surface area contributed by atoms with E-state index in [1.807, 2.05) is 13.8 Å². The number of hydrogen-bond acceptors (Lipinski definition) is 6. The molecule has 172 valence electrons. The lowest BCUT2D eigenvalue weighted by atomic mass is 10.3. The van der Waals surface area contributed by atoms with Crippen LogP contribution in [0.25, 0.3) is 0 Å². The Balaban J connectivity index is 0. The van der Waals surface area contributed by atoms with Crippen LogP contribution in [0.5, 0.6) is 0 Å². The normalized spacial score (nSPS) is 13.2. The molecular weight excluding hydrogens is 352 g/mol. The number of hydrogen-bond donors (Lipinski definition) is 2. The summed E-state index contributed by atoms with van der Waals surface area (Å²) in [4.78, 5) is 4.84. The minimum atomic E-state index is 0.726. The average Bonchev–Trinajstić information content (AvgIpc) is 3.56. The fraction of sp³-hybridized carbons (Fsp3) is 1.00. The second-order valence-electron chi connectivity index (χ2n) is 7.03. The van der Waals surface area contributed by atoms with Gasteiger partial charge in [-0.2, -0.15) is 0 Å². The quantitative estimate of drug-likeness (QED) is 0.363. The molecule has 0 bridgehead atoms. The number of likely N-dealkylation sites (N-methyl/N-ethyl adjacent to an activating group) is 1. The molecule has 1 rings (SSSR count). The number of ether oxygens (including phenoxy) is 2. The summed E-state index contributed by atoms with van der Waals surface area (Å²) in [5.41, 5.74) is 10.7. The van der Waals surface area contributed by atoms with Gasteiger partial charge in [0.2, 0.25) is 0 Å². The van der Waals surface area contributed by atoms with Crippen molar-refractivity contribution in [3.63, 3.8) is 0 Å². The molecule has 0 aliphatic heterocycles. The monoisotopic (exact) mass is 404 g/mol. The highest BCUT2D eigenvalue weighted by atomic mass is 16.5. The molecule has 0 aromatic rings. The standard InChI is InChI=1S/C12H26N2O.C8H20N2O.C2H6/c1-2-8-14(12-5-6-12)9-4-11-15-10-3-7-13;1-3-10(2)6-8-11-7-4-5-9;1-2/h12H,2-11,13H2,1H3;3-9H2,1-2H3;1-2H3. The van der Waals surface area contributed by atoms with Gasteiger partial charge in [0.15, 0.2) is 0 Å². The molecular formula is C22H52N4O2. The second-order valence-corrected chi connectivity index (χ2v) is 7.03. The van der Waals surface area contributed by atoms with Crippen LogP contribution in [0.2, 0.25) is 0 Å². The molecule has 0 amide bonds. The Morgan fingerprint density at radius 2 is 1.32 bits per heavy atom. The van der Waals surface area contributed by atoms with Gasteiger partial charge in [-0.25, -0.2) is 0 Å². The van der Waals surface area contributed by atoms with Crippen LogP contribution in [0.15, 0.2) is 0 Å². The van der Waals surface area contributed by atoms with E-state index in [2.05, 4.69) is 30.7 Å². The molecule has 4 N–H and O–H groups in total. The maximum atomic E-state index is 5.50. The van der Waals surface area contributed by atoms with Crippen LogP contribution in [0.4, 0.5) is 0 Å². The van der Waals surface area contributed by atoms with Gasteiger partial charge in [0.1, 0.15) is 0 Å². The summed E-state index contributed by atoms with van der Waals surface area (Å²) in [6.45, 7) is 17.8. The van der Waals surface area contributed by atoms with Gasteiger partial charge in [-0.3, -0.25) is 0 Å². The highest BCUT2D eigenvalue weighted by Gasteiger charge is 2.27. The highest BCUT2D eigenvalue weighted by Crippen LogP contribution is 2.26. The first-order valence-corrected chi connectivity index (χ1v) is 11.7. The lowest BCUT2D eigenvalue weighted by molar-refractivity contribution is 0.112. The number of rotatable bonds is 17. The molecule has 0 heterocycles. The largest absolute Gasteiger partial charge is 0.381 e. The molecule has 1 aliphatic rings. The molecule has 0 atom stereocenters. The van der Waals surface area contributed by atoms with E-state index in [1.54, 1.807) is 0 Å². The minimum absolute atomic E-state index is 0.726. The van der Waals surface area contributed by atoms with Crippen LogP contribution in [0, 0.1) is 0 Å². The minimum Gasteiger partial charge on any atom is -0.381 e. The van der Waals surface area contributed by atoms with E-state index in [-0.39, 0.29) is 0 Å². The summed E-state index contributed by atoms with van der Waals surface area (Å²) in [6.07, 6.45) is 7.21. The molecule has 0 spiro atoms. The van der Waals surface area contributed by atoms with Crippen LogP contribution < -0.4 is 11.5 Å². The van der Waals surface area contributed by atoms with Gasteiger partial charge in [-0.05, 0) is 71.8 Å². The second kappa shape index (κ2) is 24.8. The molecule has 0 unspecified atom stereocenters. The molecule has 0 aromatic carbocycles. The Kier molecular flexibility index (Phi) is 26.5. The van der Waals surface area contributed by atoms with E-state index < -0.39 is 0 Å². The summed E-state index contributed by atoms with van der Waals surface area (Å²) in [7, 11) is 2.09. The van der Waals surface area contributed by atoms with Crippen molar-refractivity contribution in [3.8, 4) is 0 Å². The van der Waals surface area contributed by atoms with E-state index in [4.69, 9.17) is 20.9 Å². The average molecular weight is 405 g/mol. The van der Waals surface area contributed by atoms with Gasteiger partial charge in [-0.1, -0.05) is 27.7 Å². The van der Waals surface area contributed by atoms with Crippen molar-refractivity contribution < 1.29 is 9.47 Å². The van der Waals surface area contributed by atoms with E-state index in [0.29, 0.717) is 0 Å². The molecule has 28 heavy (non-hydrogen) atoms. The predicted molar refractivity (Wildman–Crippen MR) is 123 cm³/mol. The van der Waals surface area contributed by atoms with E-state index >= 15 is 0 Å². The highest BCUT2D eigenvalue weighted by molar-refractivity contribution is 4.84. The van der Waals surface area contributed by atoms with E-state index in [0.717, 1.165) is 71.5 Å². The summed E-state index contributed by atoms with van der Waals surface area (Å²) in [6, 6.07) is 0.897. The molecule has 1 aliphatic carbocycles. The fourth-order valence-electron chi connectivity index (χ4n) is 2.53. The predicted octanol–water partition coefficient (Wildman–Crippen LogP) is 2.95. The zero-order chi connectivity index (χ0) is 21.5. The molecule has 6 nitrogen and oxygen atoms in total. The van der Waals surface area contributed by atoms with Gasteiger partial charge < -0.3 is 30.7 Å². The summed E-state index contributed by atoms with van der Waals surface area (Å²) < 4.78 is 10.8. The Bertz CT molecular complexity index is 279. The van der Waals surface area contributed by atoms with Crippen molar-refractivity contribution in [2.24, 2.45) is 11.5 Å². The van der Waals surface area contributed by atoms with Crippen LogP contribution in [0.1, 0.15) is 66.2 Å². The zero-order valence-corrected chi connectivity index (χ0v) is 19.8. The summed E-state index contributed by atoms with van der Waals surface area (Å²) in [5, 5.41) is 0. The summed E-state index contributed by atoms with van der Waals surface area (Å²) >= 11 is 0. The number of nitrogens with zero attached hydrogens (tertiary/aromatic N) is 2. The van der Waals surface area contributed by atoms with Crippen molar-refractivity contribution >= 4 is 0 Å². The molecule has 0 radical (unpaired) electrons. The zero-order valence-electron chi connectivity index (χ0n) is 19.8. The van der Waals surface area contributed by atoms with Crippen molar-refractivity contribution in [1.82, 2.24) is 9.80 Å². The molecule has 1 saturated carbocycles. The SMILES string of the molecule is CC.CCCN(CCCOCCCN)C1CC1.CCN(C)CCOCCCN. The summed E-state index contributed by atoms with van der Waals surface area (Å²) in [5.74, 6) is 0. The fourth-order valence-corrected chi connectivity index (χ4v) is 2.53. The smallest absolute Gasteiger partial charge is 0.0593 e. The first-order chi connectivity index (χ1) is 13.7. The van der Waals surface area contributed by atoms with Gasteiger partial charge >= 0.3 is 0 Å². The van der Waals surface area contributed by atoms with Crippen LogP contribution in [0.3, 0.4) is 0 Å². The Hall–Kier alpha value is -0.240. The molecule has 6 heteroatoms. The van der Waals surface area contributed by atoms with Gasteiger partial charge in [0.25, 0.3) is 0 Å². The van der Waals surface area contributed by atoms with E-state index in [1.165, 1.54) is 38.8 Å². The van der Waals surface area contributed by atoms with Gasteiger partial charge in [-0.15, -0.1) is 0 Å². The van der Waals surface area contributed by atoms with Gasteiger partial charge in [0.05, 0.1) is 6.61 Å². The Morgan fingerprint density at radius 1 is 0.786 bits per heavy atom. The van der Waals surface area contributed by atoms with Crippen LogP contribution >= 0.6 is 0 Å². The van der Waals surface area contributed by atoms with Crippen molar-refractivity contribution in [3.05, 3.63) is 0 Å². The molecule has 0 aromatic heterocycles. The van der Waals surface area contributed by atoms with Crippen molar-refractivity contribution in [2.75, 3.05) is 72.7 Å². The first-order valence-electron chi connectivity index (χ1n) is 11.7.